The average Bonchev–Trinajstić information content (AvgIpc) is 2.82. The Morgan fingerprint density at radius 2 is 1.71 bits per heavy atom. The van der Waals surface area contributed by atoms with E-state index in [0.717, 1.165) is 15.6 Å². The molecule has 0 atom stereocenters. The lowest BCUT2D eigenvalue weighted by atomic mass is 10.1. The van der Waals surface area contributed by atoms with Gasteiger partial charge >= 0.3 is 0 Å². The van der Waals surface area contributed by atoms with Crippen LogP contribution in [0.1, 0.15) is 18.9 Å². The van der Waals surface area contributed by atoms with Gasteiger partial charge in [0.15, 0.2) is 0 Å². The molecule has 0 saturated carbocycles. The summed E-state index contributed by atoms with van der Waals surface area (Å²) in [5, 5.41) is 3.30. The highest BCUT2D eigenvalue weighted by atomic mass is 35.5. The molecule has 3 aromatic carbocycles. The predicted molar refractivity (Wildman–Crippen MR) is 136 cm³/mol. The van der Waals surface area contributed by atoms with Gasteiger partial charge in [0.2, 0.25) is 5.91 Å². The third-order valence-corrected chi connectivity index (χ3v) is 7.33. The van der Waals surface area contributed by atoms with Crippen molar-refractivity contribution in [3.63, 3.8) is 0 Å². The minimum absolute atomic E-state index is 0.0568. The molecule has 6 nitrogen and oxygen atoms in total. The molecule has 3 aromatic rings. The Morgan fingerprint density at radius 3 is 2.41 bits per heavy atom. The summed E-state index contributed by atoms with van der Waals surface area (Å²) in [5.41, 5.74) is 1.23. The van der Waals surface area contributed by atoms with Crippen molar-refractivity contribution in [2.24, 2.45) is 0 Å². The summed E-state index contributed by atoms with van der Waals surface area (Å²) in [7, 11) is -4.04. The van der Waals surface area contributed by atoms with E-state index in [0.29, 0.717) is 31.0 Å². The highest BCUT2D eigenvalue weighted by Crippen LogP contribution is 2.32. The number of rotatable bonds is 11. The van der Waals surface area contributed by atoms with Gasteiger partial charge in [-0.05, 0) is 61.7 Å². The Bertz CT molecular complexity index is 1220. The number of anilines is 1. The zero-order chi connectivity index (χ0) is 24.6. The van der Waals surface area contributed by atoms with E-state index in [1.807, 2.05) is 31.2 Å². The van der Waals surface area contributed by atoms with Crippen LogP contribution in [-0.4, -0.2) is 34.0 Å². The molecule has 34 heavy (non-hydrogen) atoms. The van der Waals surface area contributed by atoms with Crippen molar-refractivity contribution in [2.75, 3.05) is 24.0 Å². The van der Waals surface area contributed by atoms with Gasteiger partial charge in [0, 0.05) is 11.6 Å². The smallest absolute Gasteiger partial charge is 0.264 e. The van der Waals surface area contributed by atoms with Gasteiger partial charge in [-0.25, -0.2) is 8.42 Å². The van der Waals surface area contributed by atoms with Crippen molar-refractivity contribution in [2.45, 2.75) is 24.7 Å². The fourth-order valence-electron chi connectivity index (χ4n) is 3.40. The standard InChI is InChI=1S/C25H26Cl2N2O4S/c1-2-33-24-13-7-6-9-19(24)10-8-16-28-25(30)18-29(23-15-14-20(26)17-22(23)27)34(31,32)21-11-4-3-5-12-21/h3-7,9,11-15,17H,2,8,10,16,18H2,1H3,(H,28,30). The Balaban J connectivity index is 1.71. The first kappa shape index (κ1) is 25.9. The Labute approximate surface area is 210 Å². The molecule has 0 radical (unpaired) electrons. The van der Waals surface area contributed by atoms with E-state index < -0.39 is 22.5 Å². The van der Waals surface area contributed by atoms with Crippen LogP contribution in [0.3, 0.4) is 0 Å². The van der Waals surface area contributed by atoms with Crippen LogP contribution in [0.4, 0.5) is 5.69 Å². The number of carbonyl (C=O) groups excluding carboxylic acids is 1. The van der Waals surface area contributed by atoms with Gasteiger partial charge < -0.3 is 10.1 Å². The minimum atomic E-state index is -4.04. The fraction of sp³-hybridized carbons (Fsp3) is 0.240. The Morgan fingerprint density at radius 1 is 1.00 bits per heavy atom. The summed E-state index contributed by atoms with van der Waals surface area (Å²) in [4.78, 5) is 12.8. The molecule has 9 heteroatoms. The number of halogens is 2. The second-order valence-electron chi connectivity index (χ2n) is 7.41. The maximum atomic E-state index is 13.4. The van der Waals surface area contributed by atoms with Gasteiger partial charge in [0.05, 0.1) is 22.2 Å². The number of sulfonamides is 1. The van der Waals surface area contributed by atoms with Crippen molar-refractivity contribution in [3.8, 4) is 5.75 Å². The van der Waals surface area contributed by atoms with Crippen LogP contribution in [0, 0.1) is 0 Å². The molecule has 0 aliphatic carbocycles. The first-order chi connectivity index (χ1) is 16.3. The normalized spacial score (nSPS) is 11.1. The van der Waals surface area contributed by atoms with E-state index in [2.05, 4.69) is 5.32 Å². The summed E-state index contributed by atoms with van der Waals surface area (Å²) < 4.78 is 33.4. The topological polar surface area (TPSA) is 75.7 Å². The van der Waals surface area contributed by atoms with Crippen molar-refractivity contribution >= 4 is 44.8 Å². The van der Waals surface area contributed by atoms with E-state index in [1.54, 1.807) is 18.2 Å². The molecule has 1 N–H and O–H groups in total. The number of amides is 1. The molecular weight excluding hydrogens is 495 g/mol. The lowest BCUT2D eigenvalue weighted by Crippen LogP contribution is -2.41. The zero-order valence-electron chi connectivity index (χ0n) is 18.7. The van der Waals surface area contributed by atoms with Crippen molar-refractivity contribution < 1.29 is 17.9 Å². The Hall–Kier alpha value is -2.74. The third kappa shape index (κ3) is 6.65. The molecule has 0 unspecified atom stereocenters. The maximum Gasteiger partial charge on any atom is 0.264 e. The third-order valence-electron chi connectivity index (χ3n) is 5.01. The minimum Gasteiger partial charge on any atom is -0.494 e. The monoisotopic (exact) mass is 520 g/mol. The zero-order valence-corrected chi connectivity index (χ0v) is 21.0. The molecule has 0 spiro atoms. The number of hydrogen-bond acceptors (Lipinski definition) is 4. The number of carbonyl (C=O) groups is 1. The van der Waals surface area contributed by atoms with E-state index in [4.69, 9.17) is 27.9 Å². The van der Waals surface area contributed by atoms with Crippen LogP contribution >= 0.6 is 23.2 Å². The van der Waals surface area contributed by atoms with Gasteiger partial charge in [-0.1, -0.05) is 59.6 Å². The molecule has 0 aliphatic rings. The average molecular weight is 521 g/mol. The summed E-state index contributed by atoms with van der Waals surface area (Å²) in [6.45, 7) is 2.47. The second kappa shape index (κ2) is 12.1. The van der Waals surface area contributed by atoms with Gasteiger partial charge in [-0.2, -0.15) is 0 Å². The van der Waals surface area contributed by atoms with Crippen molar-refractivity contribution in [1.29, 1.82) is 0 Å². The molecule has 0 aromatic heterocycles. The number of nitrogens with one attached hydrogen (secondary N) is 1. The molecule has 0 bridgehead atoms. The van der Waals surface area contributed by atoms with E-state index in [1.165, 1.54) is 30.3 Å². The number of benzene rings is 3. The predicted octanol–water partition coefficient (Wildman–Crippen LogP) is 5.34. The molecular formula is C25H26Cl2N2O4S. The van der Waals surface area contributed by atoms with E-state index in [-0.39, 0.29) is 15.6 Å². The number of aryl methyl sites for hydroxylation is 1. The number of ether oxygens (including phenoxy) is 1. The first-order valence-corrected chi connectivity index (χ1v) is 13.0. The molecule has 0 fully saturated rings. The molecule has 0 heterocycles. The van der Waals surface area contributed by atoms with Crippen molar-refractivity contribution in [1.82, 2.24) is 5.32 Å². The summed E-state index contributed by atoms with van der Waals surface area (Å²) in [6, 6.07) is 20.1. The van der Waals surface area contributed by atoms with Crippen LogP contribution in [0.25, 0.3) is 0 Å². The first-order valence-electron chi connectivity index (χ1n) is 10.8. The number of hydrogen-bond donors (Lipinski definition) is 1. The van der Waals surface area contributed by atoms with Gasteiger partial charge in [-0.3, -0.25) is 9.10 Å². The largest absolute Gasteiger partial charge is 0.494 e. The highest BCUT2D eigenvalue weighted by Gasteiger charge is 2.28. The van der Waals surface area contributed by atoms with Crippen LogP contribution in [0.2, 0.25) is 10.0 Å². The van der Waals surface area contributed by atoms with E-state index >= 15 is 0 Å². The van der Waals surface area contributed by atoms with Gasteiger partial charge in [0.25, 0.3) is 10.0 Å². The molecule has 1 amide bonds. The molecule has 180 valence electrons. The Kier molecular flexibility index (Phi) is 9.21. The molecule has 0 aliphatic heterocycles. The number of para-hydroxylation sites is 1. The van der Waals surface area contributed by atoms with Crippen LogP contribution in [0.5, 0.6) is 5.75 Å². The molecule has 0 saturated heterocycles. The van der Waals surface area contributed by atoms with Crippen LogP contribution < -0.4 is 14.4 Å². The van der Waals surface area contributed by atoms with Crippen molar-refractivity contribution in [3.05, 3.63) is 88.4 Å². The van der Waals surface area contributed by atoms with Gasteiger partial charge in [0.1, 0.15) is 12.3 Å². The number of nitrogens with zero attached hydrogens (tertiary/aromatic N) is 1. The highest BCUT2D eigenvalue weighted by molar-refractivity contribution is 7.92. The molecule has 3 rings (SSSR count). The van der Waals surface area contributed by atoms with E-state index in [9.17, 15) is 13.2 Å². The lowest BCUT2D eigenvalue weighted by Gasteiger charge is -2.25. The SMILES string of the molecule is CCOc1ccccc1CCCNC(=O)CN(c1ccc(Cl)cc1Cl)S(=O)(=O)c1ccccc1. The van der Waals surface area contributed by atoms with Crippen LogP contribution in [-0.2, 0) is 21.2 Å². The summed E-state index contributed by atoms with van der Waals surface area (Å²) in [6.07, 6.45) is 1.38. The maximum absolute atomic E-state index is 13.4. The lowest BCUT2D eigenvalue weighted by molar-refractivity contribution is -0.119. The quantitative estimate of drug-likeness (QED) is 0.346. The fourth-order valence-corrected chi connectivity index (χ4v) is 5.42. The summed E-state index contributed by atoms with van der Waals surface area (Å²) >= 11 is 12.3. The summed E-state index contributed by atoms with van der Waals surface area (Å²) in [5.74, 6) is 0.387. The van der Waals surface area contributed by atoms with Gasteiger partial charge in [-0.15, -0.1) is 0 Å². The van der Waals surface area contributed by atoms with Crippen LogP contribution in [0.15, 0.2) is 77.7 Å². The second-order valence-corrected chi connectivity index (χ2v) is 10.1.